The summed E-state index contributed by atoms with van der Waals surface area (Å²) in [5.74, 6) is 0. The third kappa shape index (κ3) is 1.81. The topological polar surface area (TPSA) is 32.6 Å². The van der Waals surface area contributed by atoms with Gasteiger partial charge in [0.05, 0.1) is 6.61 Å². The van der Waals surface area contributed by atoms with Gasteiger partial charge in [0.15, 0.2) is 0 Å². The van der Waals surface area contributed by atoms with Crippen LogP contribution in [0.4, 0.5) is 0 Å². The van der Waals surface area contributed by atoms with Gasteiger partial charge in [-0.25, -0.2) is 0 Å². The summed E-state index contributed by atoms with van der Waals surface area (Å²) in [4.78, 5) is 4.17. The molecule has 3 rings (SSSR count). The summed E-state index contributed by atoms with van der Waals surface area (Å²) in [5.41, 5.74) is 2.10. The molecule has 0 aliphatic rings. The molecule has 0 aliphatic heterocycles. The molecule has 0 aromatic heterocycles. The molecular formula is C17H15NO. The molecule has 2 heteroatoms. The van der Waals surface area contributed by atoms with Crippen LogP contribution in [0.5, 0.6) is 0 Å². The van der Waals surface area contributed by atoms with Gasteiger partial charge in [-0.1, -0.05) is 48.5 Å². The average molecular weight is 249 g/mol. The first-order valence-electron chi connectivity index (χ1n) is 6.32. The Morgan fingerprint density at radius 3 is 1.79 bits per heavy atom. The van der Waals surface area contributed by atoms with Gasteiger partial charge in [-0.05, 0) is 27.1 Å². The Bertz CT molecular complexity index is 718. The summed E-state index contributed by atoms with van der Waals surface area (Å²) in [5, 5.41) is 14.2. The van der Waals surface area contributed by atoms with Crippen LogP contribution in [0.3, 0.4) is 0 Å². The van der Waals surface area contributed by atoms with Gasteiger partial charge < -0.3 is 5.11 Å². The van der Waals surface area contributed by atoms with Crippen LogP contribution in [-0.2, 0) is 6.61 Å². The van der Waals surface area contributed by atoms with Gasteiger partial charge in [-0.3, -0.25) is 4.99 Å². The zero-order chi connectivity index (χ0) is 13.2. The molecule has 0 unspecified atom stereocenters. The molecule has 1 N–H and O–H groups in total. The second kappa shape index (κ2) is 4.82. The number of aliphatic imine (C=N–C) groups is 1. The Morgan fingerprint density at radius 1 is 0.895 bits per heavy atom. The van der Waals surface area contributed by atoms with Crippen molar-refractivity contribution < 1.29 is 5.11 Å². The number of fused-ring (bicyclic) bond motifs is 2. The molecule has 0 radical (unpaired) electrons. The van der Waals surface area contributed by atoms with Gasteiger partial charge >= 0.3 is 0 Å². The van der Waals surface area contributed by atoms with Crippen LogP contribution in [-0.4, -0.2) is 18.4 Å². The molecule has 94 valence electrons. The number of rotatable bonds is 2. The molecule has 0 amide bonds. The highest BCUT2D eigenvalue weighted by atomic mass is 16.3. The smallest absolute Gasteiger partial charge is 0.0693 e. The normalized spacial score (nSPS) is 11.7. The predicted molar refractivity (Wildman–Crippen MR) is 80.9 cm³/mol. The summed E-state index contributed by atoms with van der Waals surface area (Å²) in [7, 11) is 1.78. The summed E-state index contributed by atoms with van der Waals surface area (Å²) in [6.07, 6.45) is 1.89. The molecule has 0 aliphatic carbocycles. The number of hydrogen-bond acceptors (Lipinski definition) is 2. The number of benzene rings is 3. The van der Waals surface area contributed by atoms with Gasteiger partial charge in [-0.2, -0.15) is 0 Å². The first kappa shape index (κ1) is 11.9. The van der Waals surface area contributed by atoms with Crippen LogP contribution in [0.1, 0.15) is 11.1 Å². The minimum atomic E-state index is 0.0462. The molecule has 19 heavy (non-hydrogen) atoms. The molecule has 2 nitrogen and oxygen atoms in total. The van der Waals surface area contributed by atoms with Crippen molar-refractivity contribution in [3.63, 3.8) is 0 Å². The number of hydrogen-bond donors (Lipinski definition) is 1. The molecule has 0 saturated heterocycles. The van der Waals surface area contributed by atoms with Gasteiger partial charge in [0, 0.05) is 18.8 Å². The van der Waals surface area contributed by atoms with E-state index in [0.717, 1.165) is 32.7 Å². The maximum Gasteiger partial charge on any atom is 0.0693 e. The molecular weight excluding hydrogens is 234 g/mol. The van der Waals surface area contributed by atoms with Crippen LogP contribution in [0, 0.1) is 0 Å². The largest absolute Gasteiger partial charge is 0.392 e. The molecule has 3 aromatic carbocycles. The van der Waals surface area contributed by atoms with Gasteiger partial charge in [0.1, 0.15) is 0 Å². The zero-order valence-electron chi connectivity index (χ0n) is 10.8. The van der Waals surface area contributed by atoms with E-state index in [1.54, 1.807) is 7.05 Å². The number of aliphatic hydroxyl groups is 1. The fraction of sp³-hybridized carbons (Fsp3) is 0.118. The Kier molecular flexibility index (Phi) is 3.02. The van der Waals surface area contributed by atoms with Gasteiger partial charge in [0.25, 0.3) is 0 Å². The summed E-state index contributed by atoms with van der Waals surface area (Å²) in [6.45, 7) is 0.0462. The molecule has 0 heterocycles. The van der Waals surface area contributed by atoms with Gasteiger partial charge in [0.2, 0.25) is 0 Å². The van der Waals surface area contributed by atoms with E-state index in [1.807, 2.05) is 30.5 Å². The van der Waals surface area contributed by atoms with Crippen molar-refractivity contribution in [2.24, 2.45) is 4.99 Å². The van der Waals surface area contributed by atoms with E-state index in [1.165, 1.54) is 0 Å². The van der Waals surface area contributed by atoms with Crippen LogP contribution in [0.2, 0.25) is 0 Å². The molecule has 0 atom stereocenters. The monoisotopic (exact) mass is 249 g/mol. The van der Waals surface area contributed by atoms with Crippen molar-refractivity contribution in [3.05, 3.63) is 59.7 Å². The van der Waals surface area contributed by atoms with Crippen molar-refractivity contribution in [1.82, 2.24) is 0 Å². The van der Waals surface area contributed by atoms with Crippen molar-refractivity contribution in [3.8, 4) is 0 Å². The minimum Gasteiger partial charge on any atom is -0.392 e. The van der Waals surface area contributed by atoms with E-state index < -0.39 is 0 Å². The lowest BCUT2D eigenvalue weighted by atomic mass is 9.92. The highest BCUT2D eigenvalue weighted by Crippen LogP contribution is 2.31. The van der Waals surface area contributed by atoms with Gasteiger partial charge in [-0.15, -0.1) is 0 Å². The van der Waals surface area contributed by atoms with Crippen molar-refractivity contribution >= 4 is 27.8 Å². The quantitative estimate of drug-likeness (QED) is 0.547. The van der Waals surface area contributed by atoms with Crippen molar-refractivity contribution in [2.45, 2.75) is 6.61 Å². The summed E-state index contributed by atoms with van der Waals surface area (Å²) < 4.78 is 0. The predicted octanol–water partition coefficient (Wildman–Crippen LogP) is 3.53. The zero-order valence-corrected chi connectivity index (χ0v) is 10.8. The van der Waals surface area contributed by atoms with E-state index >= 15 is 0 Å². The Balaban J connectivity index is 2.61. The molecule has 0 fully saturated rings. The minimum absolute atomic E-state index is 0.0462. The second-order valence-electron chi connectivity index (χ2n) is 4.53. The highest BCUT2D eigenvalue weighted by molar-refractivity contribution is 6.15. The van der Waals surface area contributed by atoms with E-state index in [0.29, 0.717) is 0 Å². The Labute approximate surface area is 112 Å². The maximum atomic E-state index is 9.72. The highest BCUT2D eigenvalue weighted by Gasteiger charge is 2.11. The summed E-state index contributed by atoms with van der Waals surface area (Å²) in [6, 6.07) is 16.3. The lowest BCUT2D eigenvalue weighted by molar-refractivity contribution is 0.285. The van der Waals surface area contributed by atoms with E-state index in [-0.39, 0.29) is 6.61 Å². The first-order valence-corrected chi connectivity index (χ1v) is 6.32. The van der Waals surface area contributed by atoms with E-state index in [4.69, 9.17) is 0 Å². The number of nitrogens with zero attached hydrogens (tertiary/aromatic N) is 1. The standard InChI is InChI=1S/C17H15NO/c1-18-10-16-12-6-2-4-8-14(12)17(11-19)15-9-5-3-7-13(15)16/h2-10,19H,11H2,1H3/b18-10-. The van der Waals surface area contributed by atoms with E-state index in [9.17, 15) is 5.11 Å². The summed E-state index contributed by atoms with van der Waals surface area (Å²) >= 11 is 0. The fourth-order valence-corrected chi connectivity index (χ4v) is 2.69. The third-order valence-electron chi connectivity index (χ3n) is 3.50. The van der Waals surface area contributed by atoms with Crippen LogP contribution in [0.25, 0.3) is 21.5 Å². The van der Waals surface area contributed by atoms with E-state index in [2.05, 4.69) is 29.3 Å². The Morgan fingerprint density at radius 2 is 1.37 bits per heavy atom. The molecule has 3 aromatic rings. The van der Waals surface area contributed by atoms with Crippen LogP contribution < -0.4 is 0 Å². The second-order valence-corrected chi connectivity index (χ2v) is 4.53. The Hall–Kier alpha value is -2.19. The maximum absolute atomic E-state index is 9.72. The van der Waals surface area contributed by atoms with Crippen LogP contribution in [0.15, 0.2) is 53.5 Å². The molecule has 0 saturated carbocycles. The number of aliphatic hydroxyl groups excluding tert-OH is 1. The van der Waals surface area contributed by atoms with Crippen LogP contribution >= 0.6 is 0 Å². The lowest BCUT2D eigenvalue weighted by Gasteiger charge is -2.13. The third-order valence-corrected chi connectivity index (χ3v) is 3.50. The average Bonchev–Trinajstić information content (AvgIpc) is 2.47. The SMILES string of the molecule is C/N=C\c1c2ccccc2c(CO)c2ccccc12. The molecule has 0 spiro atoms. The van der Waals surface area contributed by atoms with Crippen molar-refractivity contribution in [1.29, 1.82) is 0 Å². The molecule has 0 bridgehead atoms. The fourth-order valence-electron chi connectivity index (χ4n) is 2.69. The lowest BCUT2D eigenvalue weighted by Crippen LogP contribution is -1.95. The first-order chi connectivity index (χ1) is 9.36. The van der Waals surface area contributed by atoms with Crippen molar-refractivity contribution in [2.75, 3.05) is 7.05 Å².